The summed E-state index contributed by atoms with van der Waals surface area (Å²) in [5, 5.41) is 15.9. The molecule has 9 heteroatoms. The number of benzene rings is 1. The second kappa shape index (κ2) is 6.96. The van der Waals surface area contributed by atoms with Gasteiger partial charge in [-0.25, -0.2) is 4.98 Å². The van der Waals surface area contributed by atoms with Gasteiger partial charge in [0.25, 0.3) is 0 Å². The van der Waals surface area contributed by atoms with Crippen LogP contribution in [0, 0.1) is 6.92 Å². The number of halogens is 1. The highest BCUT2D eigenvalue weighted by molar-refractivity contribution is 7.17. The summed E-state index contributed by atoms with van der Waals surface area (Å²) in [6.07, 6.45) is 1.57. The molecule has 2 saturated heterocycles. The van der Waals surface area contributed by atoms with Crippen LogP contribution in [0.25, 0.3) is 4.96 Å². The molecular formula is C19H21ClN4O3S. The normalized spacial score (nSPS) is 20.9. The zero-order valence-electron chi connectivity index (χ0n) is 15.5. The van der Waals surface area contributed by atoms with E-state index in [-0.39, 0.29) is 11.9 Å². The van der Waals surface area contributed by atoms with Crippen LogP contribution in [0.2, 0.25) is 5.02 Å². The number of nitrogens with zero attached hydrogens (tertiary/aromatic N) is 4. The van der Waals surface area contributed by atoms with E-state index in [0.717, 1.165) is 36.4 Å². The Labute approximate surface area is 171 Å². The number of likely N-dealkylation sites (tertiary alicyclic amines) is 1. The van der Waals surface area contributed by atoms with Gasteiger partial charge in [-0.15, -0.1) is 5.10 Å². The van der Waals surface area contributed by atoms with Gasteiger partial charge in [-0.2, -0.15) is 4.52 Å². The van der Waals surface area contributed by atoms with Gasteiger partial charge in [0, 0.05) is 31.0 Å². The van der Waals surface area contributed by atoms with Crippen LogP contribution in [0.1, 0.15) is 35.1 Å². The second-order valence-corrected chi connectivity index (χ2v) is 8.63. The number of aromatic hydroxyl groups is 1. The Morgan fingerprint density at radius 1 is 1.21 bits per heavy atom. The van der Waals surface area contributed by atoms with E-state index in [4.69, 9.17) is 21.1 Å². The maximum Gasteiger partial charge on any atom is 0.230 e. The third-order valence-electron chi connectivity index (χ3n) is 5.49. The van der Waals surface area contributed by atoms with E-state index in [1.807, 2.05) is 31.2 Å². The number of aryl methyl sites for hydroxylation is 1. The molecule has 1 atom stereocenters. The largest absolute Gasteiger partial charge is 0.492 e. The maximum atomic E-state index is 10.9. The lowest BCUT2D eigenvalue weighted by Gasteiger charge is -2.41. The molecule has 2 aliphatic rings. The first kappa shape index (κ1) is 18.3. The van der Waals surface area contributed by atoms with Gasteiger partial charge < -0.3 is 14.6 Å². The van der Waals surface area contributed by atoms with Crippen molar-refractivity contribution >= 4 is 27.9 Å². The smallest absolute Gasteiger partial charge is 0.230 e. The number of fused-ring (bicyclic) bond motifs is 1. The predicted molar refractivity (Wildman–Crippen MR) is 106 cm³/mol. The van der Waals surface area contributed by atoms with E-state index in [1.54, 1.807) is 0 Å². The molecule has 148 valence electrons. The zero-order valence-corrected chi connectivity index (χ0v) is 17.0. The topological polar surface area (TPSA) is 72.1 Å². The van der Waals surface area contributed by atoms with E-state index in [9.17, 15) is 5.11 Å². The Bertz CT molecular complexity index is 1000. The lowest BCUT2D eigenvalue weighted by atomic mass is 9.97. The summed E-state index contributed by atoms with van der Waals surface area (Å²) in [7, 11) is 0. The van der Waals surface area contributed by atoms with Crippen molar-refractivity contribution in [3.63, 3.8) is 0 Å². The van der Waals surface area contributed by atoms with Gasteiger partial charge in [0.15, 0.2) is 5.79 Å². The van der Waals surface area contributed by atoms with Crippen molar-refractivity contribution in [3.8, 4) is 5.88 Å². The number of hydrogen-bond acceptors (Lipinski definition) is 7. The van der Waals surface area contributed by atoms with E-state index < -0.39 is 5.79 Å². The number of aromatic nitrogens is 3. The molecule has 0 aliphatic carbocycles. The van der Waals surface area contributed by atoms with Gasteiger partial charge in [-0.1, -0.05) is 41.1 Å². The van der Waals surface area contributed by atoms with Crippen molar-refractivity contribution in [2.24, 2.45) is 0 Å². The Morgan fingerprint density at radius 3 is 2.61 bits per heavy atom. The van der Waals surface area contributed by atoms with Gasteiger partial charge in [-0.3, -0.25) is 4.90 Å². The van der Waals surface area contributed by atoms with E-state index >= 15 is 0 Å². The highest BCUT2D eigenvalue weighted by Gasteiger charge is 2.42. The van der Waals surface area contributed by atoms with Crippen molar-refractivity contribution < 1.29 is 14.6 Å². The molecular weight excluding hydrogens is 400 g/mol. The SMILES string of the molecule is Cc1nc2sc(C(c3ccccc3Cl)N3CCC4(CC3)OCCO4)c(O)n2n1. The number of piperidine rings is 1. The summed E-state index contributed by atoms with van der Waals surface area (Å²) in [5.74, 6) is 0.309. The first-order chi connectivity index (χ1) is 13.6. The Hall–Kier alpha value is -1.71. The Kier molecular flexibility index (Phi) is 4.56. The molecule has 4 heterocycles. The molecule has 0 saturated carbocycles. The van der Waals surface area contributed by atoms with Crippen LogP contribution < -0.4 is 0 Å². The molecule has 7 nitrogen and oxygen atoms in total. The first-order valence-electron chi connectivity index (χ1n) is 9.38. The van der Waals surface area contributed by atoms with Crippen molar-refractivity contribution in [2.75, 3.05) is 26.3 Å². The summed E-state index contributed by atoms with van der Waals surface area (Å²) in [6, 6.07) is 7.61. The van der Waals surface area contributed by atoms with Gasteiger partial charge in [0.2, 0.25) is 10.8 Å². The molecule has 2 aromatic heterocycles. The minimum atomic E-state index is -0.452. The van der Waals surface area contributed by atoms with Crippen LogP contribution in [0.3, 0.4) is 0 Å². The molecule has 3 aromatic rings. The minimum absolute atomic E-state index is 0.124. The van der Waals surface area contributed by atoms with Crippen LogP contribution in [0.5, 0.6) is 5.88 Å². The maximum absolute atomic E-state index is 10.9. The lowest BCUT2D eigenvalue weighted by molar-refractivity contribution is -0.187. The van der Waals surface area contributed by atoms with Crippen molar-refractivity contribution in [3.05, 3.63) is 45.6 Å². The molecule has 0 bridgehead atoms. The fourth-order valence-electron chi connectivity index (χ4n) is 4.14. The molecule has 2 fully saturated rings. The van der Waals surface area contributed by atoms with Gasteiger partial charge in [-0.05, 0) is 18.6 Å². The number of hydrogen-bond donors (Lipinski definition) is 1. The second-order valence-electron chi connectivity index (χ2n) is 7.21. The minimum Gasteiger partial charge on any atom is -0.492 e. The molecule has 28 heavy (non-hydrogen) atoms. The highest BCUT2D eigenvalue weighted by Crippen LogP contribution is 2.44. The zero-order chi connectivity index (χ0) is 19.3. The molecule has 1 N–H and O–H groups in total. The first-order valence-corrected chi connectivity index (χ1v) is 10.6. The van der Waals surface area contributed by atoms with Crippen LogP contribution >= 0.6 is 22.9 Å². The molecule has 1 unspecified atom stereocenters. The average Bonchev–Trinajstić information content (AvgIpc) is 3.36. The Balaban J connectivity index is 1.55. The summed E-state index contributed by atoms with van der Waals surface area (Å²) in [4.78, 5) is 8.22. The monoisotopic (exact) mass is 420 g/mol. The van der Waals surface area contributed by atoms with Gasteiger partial charge in [0.1, 0.15) is 5.82 Å². The van der Waals surface area contributed by atoms with Gasteiger partial charge >= 0.3 is 0 Å². The summed E-state index contributed by atoms with van der Waals surface area (Å²) >= 11 is 8.02. The van der Waals surface area contributed by atoms with Crippen LogP contribution in [0.4, 0.5) is 0 Å². The van der Waals surface area contributed by atoms with E-state index in [1.165, 1.54) is 15.9 Å². The van der Waals surface area contributed by atoms with E-state index in [2.05, 4.69) is 15.0 Å². The molecule has 1 aromatic carbocycles. The standard InChI is InChI=1S/C19H21ClN4O3S/c1-12-21-18-24(22-12)17(25)16(28-18)15(13-4-2-3-5-14(13)20)23-8-6-19(7-9-23)26-10-11-27-19/h2-5,15,25H,6-11H2,1H3. The average molecular weight is 421 g/mol. The number of ether oxygens (including phenoxy) is 2. The Morgan fingerprint density at radius 2 is 1.93 bits per heavy atom. The number of rotatable bonds is 3. The third-order valence-corrected chi connectivity index (χ3v) is 6.91. The van der Waals surface area contributed by atoms with Crippen molar-refractivity contribution in [1.29, 1.82) is 0 Å². The van der Waals surface area contributed by atoms with Crippen LogP contribution in [-0.2, 0) is 9.47 Å². The van der Waals surface area contributed by atoms with E-state index in [0.29, 0.717) is 29.0 Å². The third kappa shape index (κ3) is 3.00. The molecule has 0 amide bonds. The lowest BCUT2D eigenvalue weighted by Crippen LogP contribution is -2.46. The highest BCUT2D eigenvalue weighted by atomic mass is 35.5. The molecule has 5 rings (SSSR count). The summed E-state index contributed by atoms with van der Waals surface area (Å²) in [5.41, 5.74) is 0.963. The van der Waals surface area contributed by atoms with Crippen molar-refractivity contribution in [2.45, 2.75) is 31.6 Å². The van der Waals surface area contributed by atoms with Crippen LogP contribution in [-0.4, -0.2) is 56.7 Å². The number of thiazole rings is 1. The molecule has 0 radical (unpaired) electrons. The van der Waals surface area contributed by atoms with Crippen LogP contribution in [0.15, 0.2) is 24.3 Å². The summed E-state index contributed by atoms with van der Waals surface area (Å²) < 4.78 is 13.3. The fraction of sp³-hybridized carbons (Fsp3) is 0.474. The molecule has 2 aliphatic heterocycles. The fourth-order valence-corrected chi connectivity index (χ4v) is 5.53. The quantitative estimate of drug-likeness (QED) is 0.700. The molecule has 1 spiro atoms. The van der Waals surface area contributed by atoms with Crippen molar-refractivity contribution in [1.82, 2.24) is 19.5 Å². The van der Waals surface area contributed by atoms with Gasteiger partial charge in [0.05, 0.1) is 24.1 Å². The predicted octanol–water partition coefficient (Wildman–Crippen LogP) is 3.39. The summed E-state index contributed by atoms with van der Waals surface area (Å²) in [6.45, 7) is 4.68.